The predicted octanol–water partition coefficient (Wildman–Crippen LogP) is 2.36. The fourth-order valence-electron chi connectivity index (χ4n) is 2.57. The lowest BCUT2D eigenvalue weighted by atomic mass is 10.1. The first-order chi connectivity index (χ1) is 9.60. The van der Waals surface area contributed by atoms with Gasteiger partial charge in [-0.1, -0.05) is 6.92 Å². The Kier molecular flexibility index (Phi) is 7.55. The second-order valence-electron chi connectivity index (χ2n) is 5.58. The van der Waals surface area contributed by atoms with Gasteiger partial charge in [0, 0.05) is 31.9 Å². The maximum absolute atomic E-state index is 4.32. The van der Waals surface area contributed by atoms with Crippen LogP contribution in [0.4, 0.5) is 5.69 Å². The van der Waals surface area contributed by atoms with Crippen LogP contribution in [-0.2, 0) is 6.54 Å². The van der Waals surface area contributed by atoms with Crippen molar-refractivity contribution in [3.8, 4) is 0 Å². The fourth-order valence-corrected chi connectivity index (χ4v) is 2.57. The standard InChI is InChI=1S/C16H30N4/c1-6-9-17-11-15-8-10-18-12-16(15)20(7-2)14(3)13-19(4)5/h8,10,12,14,17H,6-7,9,11,13H2,1-5H3. The van der Waals surface area contributed by atoms with Gasteiger partial charge in [0.25, 0.3) is 0 Å². The quantitative estimate of drug-likeness (QED) is 0.703. The minimum absolute atomic E-state index is 0.476. The van der Waals surface area contributed by atoms with Crippen LogP contribution in [0.15, 0.2) is 18.5 Å². The summed E-state index contributed by atoms with van der Waals surface area (Å²) in [6.07, 6.45) is 5.05. The van der Waals surface area contributed by atoms with E-state index >= 15 is 0 Å². The van der Waals surface area contributed by atoms with Gasteiger partial charge in [-0.15, -0.1) is 0 Å². The Hall–Kier alpha value is -1.13. The van der Waals surface area contributed by atoms with Gasteiger partial charge in [0.05, 0.1) is 11.9 Å². The third-order valence-electron chi connectivity index (χ3n) is 3.44. The largest absolute Gasteiger partial charge is 0.366 e. The highest BCUT2D eigenvalue weighted by Crippen LogP contribution is 2.21. The minimum atomic E-state index is 0.476. The Morgan fingerprint density at radius 3 is 2.65 bits per heavy atom. The highest BCUT2D eigenvalue weighted by molar-refractivity contribution is 5.52. The van der Waals surface area contributed by atoms with Crippen LogP contribution < -0.4 is 10.2 Å². The van der Waals surface area contributed by atoms with Crippen LogP contribution in [-0.4, -0.2) is 49.7 Å². The van der Waals surface area contributed by atoms with Gasteiger partial charge in [0.15, 0.2) is 0 Å². The Bertz CT molecular complexity index is 378. The molecule has 4 heteroatoms. The molecule has 1 unspecified atom stereocenters. The molecule has 0 saturated carbocycles. The first-order valence-electron chi connectivity index (χ1n) is 7.65. The van der Waals surface area contributed by atoms with Gasteiger partial charge in [0.2, 0.25) is 0 Å². The average Bonchev–Trinajstić information content (AvgIpc) is 2.40. The first-order valence-corrected chi connectivity index (χ1v) is 7.65. The molecule has 0 aliphatic carbocycles. The second-order valence-corrected chi connectivity index (χ2v) is 5.58. The Morgan fingerprint density at radius 2 is 2.05 bits per heavy atom. The zero-order chi connectivity index (χ0) is 15.0. The third-order valence-corrected chi connectivity index (χ3v) is 3.44. The van der Waals surface area contributed by atoms with Crippen LogP contribution in [0.2, 0.25) is 0 Å². The van der Waals surface area contributed by atoms with Gasteiger partial charge >= 0.3 is 0 Å². The number of nitrogens with zero attached hydrogens (tertiary/aromatic N) is 3. The van der Waals surface area contributed by atoms with Gasteiger partial charge in [0.1, 0.15) is 0 Å². The van der Waals surface area contributed by atoms with Crippen molar-refractivity contribution in [2.24, 2.45) is 0 Å². The van der Waals surface area contributed by atoms with Crippen LogP contribution in [0.1, 0.15) is 32.8 Å². The van der Waals surface area contributed by atoms with Crippen LogP contribution in [0, 0.1) is 0 Å². The molecule has 0 radical (unpaired) electrons. The predicted molar refractivity (Wildman–Crippen MR) is 87.3 cm³/mol. The number of nitrogens with one attached hydrogen (secondary N) is 1. The third kappa shape index (κ3) is 5.10. The van der Waals surface area contributed by atoms with E-state index in [0.29, 0.717) is 6.04 Å². The molecule has 1 aromatic rings. The normalized spacial score (nSPS) is 12.7. The summed E-state index contributed by atoms with van der Waals surface area (Å²) in [6, 6.07) is 2.60. The SMILES string of the molecule is CCCNCc1ccncc1N(CC)C(C)CN(C)C. The summed E-state index contributed by atoms with van der Waals surface area (Å²) in [5.41, 5.74) is 2.59. The summed E-state index contributed by atoms with van der Waals surface area (Å²) in [4.78, 5) is 9.00. The molecule has 0 saturated heterocycles. The van der Waals surface area contributed by atoms with E-state index in [4.69, 9.17) is 0 Å². The topological polar surface area (TPSA) is 31.4 Å². The minimum Gasteiger partial charge on any atom is -0.366 e. The lowest BCUT2D eigenvalue weighted by Crippen LogP contribution is -2.40. The van der Waals surface area contributed by atoms with Crippen molar-refractivity contribution in [3.05, 3.63) is 24.0 Å². The number of pyridine rings is 1. The lowest BCUT2D eigenvalue weighted by molar-refractivity contribution is 0.372. The van der Waals surface area contributed by atoms with Crippen LogP contribution >= 0.6 is 0 Å². The second kappa shape index (κ2) is 8.93. The Morgan fingerprint density at radius 1 is 1.30 bits per heavy atom. The van der Waals surface area contributed by atoms with E-state index in [1.807, 2.05) is 12.4 Å². The Balaban J connectivity index is 2.85. The number of aromatic nitrogens is 1. The van der Waals surface area contributed by atoms with Crippen molar-refractivity contribution in [2.45, 2.75) is 39.8 Å². The highest BCUT2D eigenvalue weighted by atomic mass is 15.2. The van der Waals surface area contributed by atoms with E-state index in [0.717, 1.165) is 32.6 Å². The van der Waals surface area contributed by atoms with Crippen molar-refractivity contribution in [1.29, 1.82) is 0 Å². The molecule has 0 aromatic carbocycles. The van der Waals surface area contributed by atoms with Crippen molar-refractivity contribution in [1.82, 2.24) is 15.2 Å². The monoisotopic (exact) mass is 278 g/mol. The summed E-state index contributed by atoms with van der Waals surface area (Å²) in [5, 5.41) is 3.49. The molecule has 0 aliphatic rings. The van der Waals surface area contributed by atoms with Crippen molar-refractivity contribution < 1.29 is 0 Å². The molecular weight excluding hydrogens is 248 g/mol. The molecule has 1 atom stereocenters. The number of anilines is 1. The summed E-state index contributed by atoms with van der Waals surface area (Å²) < 4.78 is 0. The molecule has 0 spiro atoms. The smallest absolute Gasteiger partial charge is 0.0601 e. The maximum atomic E-state index is 4.32. The van der Waals surface area contributed by atoms with Crippen LogP contribution in [0.5, 0.6) is 0 Å². The van der Waals surface area contributed by atoms with Gasteiger partial charge in [-0.3, -0.25) is 4.98 Å². The summed E-state index contributed by atoms with van der Waals surface area (Å²) in [7, 11) is 4.24. The van der Waals surface area contributed by atoms with E-state index in [9.17, 15) is 0 Å². The van der Waals surface area contributed by atoms with E-state index < -0.39 is 0 Å². The Labute approximate surface area is 124 Å². The maximum Gasteiger partial charge on any atom is 0.0601 e. The molecule has 1 N–H and O–H groups in total. The first kappa shape index (κ1) is 16.9. The average molecular weight is 278 g/mol. The zero-order valence-corrected chi connectivity index (χ0v) is 13.7. The zero-order valence-electron chi connectivity index (χ0n) is 13.7. The molecule has 20 heavy (non-hydrogen) atoms. The molecular formula is C16H30N4. The molecule has 0 aliphatic heterocycles. The van der Waals surface area contributed by atoms with Gasteiger partial charge in [-0.25, -0.2) is 0 Å². The number of hydrogen-bond acceptors (Lipinski definition) is 4. The highest BCUT2D eigenvalue weighted by Gasteiger charge is 2.16. The fraction of sp³-hybridized carbons (Fsp3) is 0.688. The number of rotatable bonds is 9. The molecule has 4 nitrogen and oxygen atoms in total. The van der Waals surface area contributed by atoms with Crippen molar-refractivity contribution in [3.63, 3.8) is 0 Å². The summed E-state index contributed by atoms with van der Waals surface area (Å²) in [6.45, 7) is 10.7. The van der Waals surface area contributed by atoms with Crippen molar-refractivity contribution in [2.75, 3.05) is 38.6 Å². The molecule has 114 valence electrons. The lowest BCUT2D eigenvalue weighted by Gasteiger charge is -2.33. The molecule has 1 rings (SSSR count). The molecule has 1 aromatic heterocycles. The van der Waals surface area contributed by atoms with Gasteiger partial charge < -0.3 is 15.1 Å². The van der Waals surface area contributed by atoms with E-state index in [1.54, 1.807) is 0 Å². The van der Waals surface area contributed by atoms with Crippen molar-refractivity contribution >= 4 is 5.69 Å². The molecule has 0 amide bonds. The molecule has 0 bridgehead atoms. The summed E-state index contributed by atoms with van der Waals surface area (Å²) in [5.74, 6) is 0. The van der Waals surface area contributed by atoms with E-state index in [1.165, 1.54) is 11.3 Å². The molecule has 0 fully saturated rings. The van der Waals surface area contributed by atoms with Crippen LogP contribution in [0.25, 0.3) is 0 Å². The van der Waals surface area contributed by atoms with E-state index in [-0.39, 0.29) is 0 Å². The number of likely N-dealkylation sites (N-methyl/N-ethyl adjacent to an activating group) is 2. The van der Waals surface area contributed by atoms with Gasteiger partial charge in [-0.2, -0.15) is 0 Å². The summed E-state index contributed by atoms with van der Waals surface area (Å²) >= 11 is 0. The van der Waals surface area contributed by atoms with Gasteiger partial charge in [-0.05, 0) is 52.5 Å². The van der Waals surface area contributed by atoms with Crippen LogP contribution in [0.3, 0.4) is 0 Å². The number of hydrogen-bond donors (Lipinski definition) is 1. The van der Waals surface area contributed by atoms with E-state index in [2.05, 4.69) is 61.0 Å². The molecule has 1 heterocycles.